The van der Waals surface area contributed by atoms with Gasteiger partial charge in [-0.2, -0.15) is 13.2 Å². The summed E-state index contributed by atoms with van der Waals surface area (Å²) in [7, 11) is 0. The molecule has 0 saturated heterocycles. The van der Waals surface area contributed by atoms with Crippen LogP contribution in [0, 0.1) is 10.8 Å². The molecular formula is C20H17ClF3N5. The van der Waals surface area contributed by atoms with E-state index in [0.717, 1.165) is 17.4 Å². The first kappa shape index (κ1) is 19.4. The fraction of sp³-hybridized carbons (Fsp3) is 0.250. The van der Waals surface area contributed by atoms with Gasteiger partial charge in [-0.3, -0.25) is 4.98 Å². The lowest BCUT2D eigenvalue weighted by molar-refractivity contribution is -0.184. The second-order valence-electron chi connectivity index (χ2n) is 7.06. The Kier molecular flexibility index (Phi) is 4.82. The number of hydrogen-bond donors (Lipinski definition) is 2. The van der Waals surface area contributed by atoms with Crippen molar-refractivity contribution in [1.82, 2.24) is 19.7 Å². The van der Waals surface area contributed by atoms with Gasteiger partial charge in [-0.25, -0.2) is 4.98 Å². The van der Waals surface area contributed by atoms with Crippen LogP contribution in [-0.2, 0) is 0 Å². The standard InChI is InChI=1S/C20H17ClF3N5/c21-15-8-16(14(9-25)10-26-12-19(2-3-19)20(22,23)24)18(28-11-15)13-1-5-29-6-4-27-17(29)7-13/h1,4-11,25-26H,2-3,12H2/b14-10+,25-9?. The Morgan fingerprint density at radius 1 is 1.28 bits per heavy atom. The predicted molar refractivity (Wildman–Crippen MR) is 106 cm³/mol. The molecule has 1 aliphatic rings. The third-order valence-corrected chi connectivity index (χ3v) is 5.35. The summed E-state index contributed by atoms with van der Waals surface area (Å²) in [5.41, 5.74) is 1.32. The zero-order chi connectivity index (χ0) is 20.6. The summed E-state index contributed by atoms with van der Waals surface area (Å²) in [5, 5.41) is 10.9. The van der Waals surface area contributed by atoms with Gasteiger partial charge < -0.3 is 15.1 Å². The Bertz CT molecular complexity index is 1100. The SMILES string of the molecule is N=C/C(=C\NCC1(C(F)(F)F)CC1)c1cc(Cl)cnc1-c1ccn2ccnc2c1. The van der Waals surface area contributed by atoms with Gasteiger partial charge in [-0.05, 0) is 31.0 Å². The average Bonchev–Trinajstić information content (AvgIpc) is 3.34. The molecule has 3 heterocycles. The number of rotatable bonds is 6. The number of fused-ring (bicyclic) bond motifs is 1. The summed E-state index contributed by atoms with van der Waals surface area (Å²) in [6.07, 6.45) is 5.32. The minimum absolute atomic E-state index is 0.117. The molecule has 0 bridgehead atoms. The van der Waals surface area contributed by atoms with E-state index in [1.165, 1.54) is 12.4 Å². The van der Waals surface area contributed by atoms with Gasteiger partial charge in [0.2, 0.25) is 0 Å². The van der Waals surface area contributed by atoms with E-state index in [9.17, 15) is 13.2 Å². The van der Waals surface area contributed by atoms with Crippen molar-refractivity contribution in [2.24, 2.45) is 5.41 Å². The van der Waals surface area contributed by atoms with Crippen LogP contribution in [0.25, 0.3) is 22.5 Å². The number of alkyl halides is 3. The summed E-state index contributed by atoms with van der Waals surface area (Å²) < 4.78 is 41.2. The molecular weight excluding hydrogens is 403 g/mol. The third-order valence-electron chi connectivity index (χ3n) is 5.15. The fourth-order valence-electron chi connectivity index (χ4n) is 3.21. The number of halogens is 4. The molecule has 9 heteroatoms. The molecule has 1 aliphatic carbocycles. The molecule has 5 nitrogen and oxygen atoms in total. The minimum Gasteiger partial charge on any atom is -0.389 e. The Labute approximate surface area is 169 Å². The summed E-state index contributed by atoms with van der Waals surface area (Å²) in [4.78, 5) is 8.65. The fourth-order valence-corrected chi connectivity index (χ4v) is 3.37. The average molecular weight is 420 g/mol. The first-order valence-corrected chi connectivity index (χ1v) is 9.31. The van der Waals surface area contributed by atoms with E-state index >= 15 is 0 Å². The minimum atomic E-state index is -4.24. The van der Waals surface area contributed by atoms with Crippen LogP contribution in [0.15, 0.2) is 49.2 Å². The molecule has 0 radical (unpaired) electrons. The number of allylic oxidation sites excluding steroid dienone is 1. The van der Waals surface area contributed by atoms with E-state index < -0.39 is 11.6 Å². The quantitative estimate of drug-likeness (QED) is 0.554. The smallest absolute Gasteiger partial charge is 0.389 e. The Balaban J connectivity index is 1.67. The van der Waals surface area contributed by atoms with Gasteiger partial charge in [0.25, 0.3) is 0 Å². The van der Waals surface area contributed by atoms with Crippen molar-refractivity contribution in [1.29, 1.82) is 5.41 Å². The van der Waals surface area contributed by atoms with Crippen molar-refractivity contribution in [3.05, 3.63) is 59.8 Å². The maximum atomic E-state index is 13.1. The van der Waals surface area contributed by atoms with Gasteiger partial charge in [0, 0.05) is 60.4 Å². The Morgan fingerprint density at radius 3 is 2.76 bits per heavy atom. The van der Waals surface area contributed by atoms with Gasteiger partial charge >= 0.3 is 6.18 Å². The molecule has 1 fully saturated rings. The second kappa shape index (κ2) is 7.18. The summed E-state index contributed by atoms with van der Waals surface area (Å²) in [6.45, 7) is -0.225. The normalized spacial score (nSPS) is 16.1. The van der Waals surface area contributed by atoms with Crippen molar-refractivity contribution in [3.63, 3.8) is 0 Å². The highest BCUT2D eigenvalue weighted by Crippen LogP contribution is 2.57. The third kappa shape index (κ3) is 3.72. The first-order valence-electron chi connectivity index (χ1n) is 8.93. The van der Waals surface area contributed by atoms with E-state index in [1.54, 1.807) is 12.3 Å². The van der Waals surface area contributed by atoms with Crippen LogP contribution >= 0.6 is 11.6 Å². The summed E-state index contributed by atoms with van der Waals surface area (Å²) >= 11 is 6.11. The van der Waals surface area contributed by atoms with Crippen molar-refractivity contribution >= 4 is 29.0 Å². The zero-order valence-electron chi connectivity index (χ0n) is 15.2. The lowest BCUT2D eigenvalue weighted by atomic mass is 10.0. The maximum Gasteiger partial charge on any atom is 0.396 e. The van der Waals surface area contributed by atoms with Crippen LogP contribution in [0.1, 0.15) is 18.4 Å². The first-order chi connectivity index (χ1) is 13.8. The maximum absolute atomic E-state index is 13.1. The largest absolute Gasteiger partial charge is 0.396 e. The van der Waals surface area contributed by atoms with Gasteiger partial charge in [0.05, 0.1) is 16.1 Å². The van der Waals surface area contributed by atoms with E-state index in [-0.39, 0.29) is 19.4 Å². The molecule has 3 aromatic rings. The Hall–Kier alpha value is -2.87. The van der Waals surface area contributed by atoms with Crippen LogP contribution in [0.5, 0.6) is 0 Å². The number of nitrogens with one attached hydrogen (secondary N) is 2. The van der Waals surface area contributed by atoms with E-state index in [0.29, 0.717) is 21.9 Å². The number of imidazole rings is 1. The lowest BCUT2D eigenvalue weighted by Gasteiger charge is -2.19. The molecule has 0 aromatic carbocycles. The molecule has 0 unspecified atom stereocenters. The molecule has 0 amide bonds. The van der Waals surface area contributed by atoms with Gasteiger partial charge in [0.15, 0.2) is 0 Å². The second-order valence-corrected chi connectivity index (χ2v) is 7.50. The summed E-state index contributed by atoms with van der Waals surface area (Å²) in [5.74, 6) is 0. The topological polar surface area (TPSA) is 66.1 Å². The van der Waals surface area contributed by atoms with E-state index in [2.05, 4.69) is 15.3 Å². The number of pyridine rings is 2. The van der Waals surface area contributed by atoms with Crippen LogP contribution in [0.2, 0.25) is 5.02 Å². The van der Waals surface area contributed by atoms with Crippen molar-refractivity contribution in [2.75, 3.05) is 6.54 Å². The molecule has 1 saturated carbocycles. The predicted octanol–water partition coefficient (Wildman–Crippen LogP) is 4.97. The molecule has 2 N–H and O–H groups in total. The van der Waals surface area contributed by atoms with Gasteiger partial charge in [-0.1, -0.05) is 11.6 Å². The van der Waals surface area contributed by atoms with Crippen molar-refractivity contribution in [3.8, 4) is 11.3 Å². The molecule has 0 atom stereocenters. The van der Waals surface area contributed by atoms with E-state index in [1.807, 2.05) is 28.9 Å². The van der Waals surface area contributed by atoms with Crippen LogP contribution in [-0.4, -0.2) is 33.3 Å². The highest BCUT2D eigenvalue weighted by molar-refractivity contribution is 6.31. The van der Waals surface area contributed by atoms with E-state index in [4.69, 9.17) is 17.0 Å². The zero-order valence-corrected chi connectivity index (χ0v) is 15.9. The molecule has 29 heavy (non-hydrogen) atoms. The Morgan fingerprint density at radius 2 is 2.07 bits per heavy atom. The molecule has 4 rings (SSSR count). The monoisotopic (exact) mass is 419 g/mol. The number of nitrogens with zero attached hydrogens (tertiary/aromatic N) is 3. The van der Waals surface area contributed by atoms with Crippen LogP contribution in [0.4, 0.5) is 13.2 Å². The number of hydrogen-bond acceptors (Lipinski definition) is 4. The molecule has 3 aromatic heterocycles. The van der Waals surface area contributed by atoms with Gasteiger partial charge in [0.1, 0.15) is 5.65 Å². The highest BCUT2D eigenvalue weighted by Gasteiger charge is 2.62. The van der Waals surface area contributed by atoms with Crippen LogP contribution < -0.4 is 5.32 Å². The summed E-state index contributed by atoms with van der Waals surface area (Å²) in [6, 6.07) is 5.35. The lowest BCUT2D eigenvalue weighted by Crippen LogP contribution is -2.33. The molecule has 0 spiro atoms. The molecule has 150 valence electrons. The van der Waals surface area contributed by atoms with Crippen molar-refractivity contribution in [2.45, 2.75) is 19.0 Å². The van der Waals surface area contributed by atoms with Gasteiger partial charge in [-0.15, -0.1) is 0 Å². The number of aromatic nitrogens is 3. The van der Waals surface area contributed by atoms with Crippen LogP contribution in [0.3, 0.4) is 0 Å². The van der Waals surface area contributed by atoms with Crippen molar-refractivity contribution < 1.29 is 13.2 Å². The highest BCUT2D eigenvalue weighted by atomic mass is 35.5. The molecule has 0 aliphatic heterocycles.